The van der Waals surface area contributed by atoms with Crippen molar-refractivity contribution in [3.63, 3.8) is 0 Å². The van der Waals surface area contributed by atoms with Gasteiger partial charge in [0.1, 0.15) is 0 Å². The Labute approximate surface area is 197 Å². The molecule has 2 aromatic heterocycles. The molecule has 0 spiro atoms. The molecule has 35 heavy (non-hydrogen) atoms. The van der Waals surface area contributed by atoms with Crippen molar-refractivity contribution in [3.05, 3.63) is 65.7 Å². The number of carbonyl (C=O) groups excluding carboxylic acids is 1. The Morgan fingerprint density at radius 2 is 1.80 bits per heavy atom. The Morgan fingerprint density at radius 3 is 2.46 bits per heavy atom. The summed E-state index contributed by atoms with van der Waals surface area (Å²) in [6.07, 6.45) is 1.02. The Bertz CT molecular complexity index is 1190. The van der Waals surface area contributed by atoms with Crippen LogP contribution in [0.4, 0.5) is 27.9 Å². The fraction of sp³-hybridized carbons (Fsp3) is 0.348. The lowest BCUT2D eigenvalue weighted by molar-refractivity contribution is -0.138. The van der Waals surface area contributed by atoms with E-state index in [9.17, 15) is 26.7 Å². The first-order chi connectivity index (χ1) is 16.7. The molecule has 184 valence electrons. The summed E-state index contributed by atoms with van der Waals surface area (Å²) in [5, 5.41) is 2.88. The fourth-order valence-corrected chi connectivity index (χ4v) is 4.10. The maximum Gasteiger partial charge on any atom is 0.419 e. The molecule has 0 saturated carbocycles. The highest BCUT2D eigenvalue weighted by Crippen LogP contribution is 2.31. The van der Waals surface area contributed by atoms with Crippen LogP contribution in [-0.2, 0) is 6.18 Å². The Balaban J connectivity index is 1.60. The van der Waals surface area contributed by atoms with E-state index in [-0.39, 0.29) is 35.4 Å². The summed E-state index contributed by atoms with van der Waals surface area (Å²) in [7, 11) is 0. The molecule has 7 nitrogen and oxygen atoms in total. The highest BCUT2D eigenvalue weighted by molar-refractivity contribution is 6.00. The normalized spacial score (nSPS) is 18.4. The molecule has 1 amide bonds. The van der Waals surface area contributed by atoms with E-state index in [1.54, 1.807) is 4.90 Å². The molecule has 0 aliphatic carbocycles. The summed E-state index contributed by atoms with van der Waals surface area (Å²) in [6.45, 7) is 2.45. The molecule has 4 rings (SSSR count). The molecule has 0 bridgehead atoms. The minimum Gasteiger partial charge on any atom is -0.352 e. The van der Waals surface area contributed by atoms with Gasteiger partial charge in [0, 0.05) is 37.9 Å². The number of anilines is 1. The van der Waals surface area contributed by atoms with Crippen LogP contribution in [0.2, 0.25) is 0 Å². The SMILES string of the molecule is CC1CCCN(C(=O)c2ccc(F)c(F)c2-c2ncccn2)C1CNc1ncc(C(F)(F)F)cn1. The van der Waals surface area contributed by atoms with Crippen molar-refractivity contribution in [2.24, 2.45) is 5.92 Å². The van der Waals surface area contributed by atoms with Crippen molar-refractivity contribution >= 4 is 11.9 Å². The quantitative estimate of drug-likeness (QED) is 0.525. The number of nitrogens with one attached hydrogen (secondary N) is 1. The number of hydrogen-bond acceptors (Lipinski definition) is 6. The van der Waals surface area contributed by atoms with Crippen LogP contribution in [0.3, 0.4) is 0 Å². The van der Waals surface area contributed by atoms with E-state index in [1.807, 2.05) is 6.92 Å². The highest BCUT2D eigenvalue weighted by atomic mass is 19.4. The van der Waals surface area contributed by atoms with Gasteiger partial charge in [-0.1, -0.05) is 6.92 Å². The van der Waals surface area contributed by atoms with Gasteiger partial charge >= 0.3 is 6.18 Å². The van der Waals surface area contributed by atoms with Gasteiger partial charge in [-0.25, -0.2) is 28.7 Å². The van der Waals surface area contributed by atoms with Gasteiger partial charge in [-0.15, -0.1) is 0 Å². The second kappa shape index (κ2) is 9.88. The van der Waals surface area contributed by atoms with Crippen LogP contribution >= 0.6 is 0 Å². The van der Waals surface area contributed by atoms with Crippen molar-refractivity contribution in [1.82, 2.24) is 24.8 Å². The molecule has 1 aromatic carbocycles. The van der Waals surface area contributed by atoms with Crippen LogP contribution in [0, 0.1) is 17.6 Å². The van der Waals surface area contributed by atoms with Crippen molar-refractivity contribution in [2.45, 2.75) is 32.0 Å². The van der Waals surface area contributed by atoms with Gasteiger partial charge in [-0.3, -0.25) is 4.79 Å². The van der Waals surface area contributed by atoms with E-state index < -0.39 is 35.3 Å². The predicted octanol–water partition coefficient (Wildman–Crippen LogP) is 4.58. The van der Waals surface area contributed by atoms with Crippen LogP contribution in [0.1, 0.15) is 35.7 Å². The summed E-state index contributed by atoms with van der Waals surface area (Å²) < 4.78 is 67.1. The van der Waals surface area contributed by atoms with Crippen molar-refractivity contribution in [1.29, 1.82) is 0 Å². The molecule has 3 aromatic rings. The summed E-state index contributed by atoms with van der Waals surface area (Å²) in [5.74, 6) is -3.01. The van der Waals surface area contributed by atoms with Crippen LogP contribution < -0.4 is 5.32 Å². The van der Waals surface area contributed by atoms with Gasteiger partial charge in [-0.05, 0) is 37.0 Å². The molecule has 1 N–H and O–H groups in total. The van der Waals surface area contributed by atoms with Crippen LogP contribution in [-0.4, -0.2) is 49.9 Å². The summed E-state index contributed by atoms with van der Waals surface area (Å²) in [5.41, 5.74) is -1.38. The van der Waals surface area contributed by atoms with Gasteiger partial charge in [0.15, 0.2) is 17.5 Å². The van der Waals surface area contributed by atoms with Gasteiger partial charge in [0.2, 0.25) is 5.95 Å². The topological polar surface area (TPSA) is 83.9 Å². The average molecular weight is 492 g/mol. The molecule has 2 atom stereocenters. The van der Waals surface area contributed by atoms with Crippen LogP contribution in [0.25, 0.3) is 11.4 Å². The number of benzene rings is 1. The third-order valence-corrected chi connectivity index (χ3v) is 5.94. The minimum absolute atomic E-state index is 0.0105. The standard InChI is InChI=1S/C23H21F5N6O/c1-13-4-2-9-34(17(13)12-33-22-31-10-14(11-32-22)23(26,27)28)21(35)15-5-6-16(24)19(25)18(15)20-29-7-3-8-30-20/h3,5-8,10-11,13,17H,2,4,9,12H2,1H3,(H,31,32,33). The average Bonchev–Trinajstić information content (AvgIpc) is 2.84. The molecule has 1 saturated heterocycles. The number of hydrogen-bond donors (Lipinski definition) is 1. The molecular formula is C23H21F5N6O. The maximum atomic E-state index is 14.8. The van der Waals surface area contributed by atoms with Crippen LogP contribution in [0.5, 0.6) is 0 Å². The third-order valence-electron chi connectivity index (χ3n) is 5.94. The lowest BCUT2D eigenvalue weighted by Crippen LogP contribution is -2.51. The van der Waals surface area contributed by atoms with Gasteiger partial charge < -0.3 is 10.2 Å². The Morgan fingerprint density at radius 1 is 1.11 bits per heavy atom. The number of rotatable bonds is 5. The zero-order valence-corrected chi connectivity index (χ0v) is 18.6. The first-order valence-electron chi connectivity index (χ1n) is 10.9. The molecule has 1 aliphatic rings. The van der Waals surface area contributed by atoms with Gasteiger partial charge in [0.05, 0.1) is 22.7 Å². The van der Waals surface area contributed by atoms with E-state index in [1.165, 1.54) is 24.5 Å². The highest BCUT2D eigenvalue weighted by Gasteiger charge is 2.35. The number of aromatic nitrogens is 4. The largest absolute Gasteiger partial charge is 0.419 e. The first-order valence-corrected chi connectivity index (χ1v) is 10.9. The number of amides is 1. The predicted molar refractivity (Wildman–Crippen MR) is 116 cm³/mol. The summed E-state index contributed by atoms with van der Waals surface area (Å²) in [6, 6.07) is 3.19. The van der Waals surface area contributed by atoms with E-state index in [0.717, 1.165) is 12.5 Å². The lowest BCUT2D eigenvalue weighted by Gasteiger charge is -2.40. The number of carbonyl (C=O) groups is 1. The molecule has 1 fully saturated rings. The van der Waals surface area contributed by atoms with E-state index in [4.69, 9.17) is 0 Å². The van der Waals surface area contributed by atoms with Crippen LogP contribution in [0.15, 0.2) is 43.0 Å². The summed E-state index contributed by atoms with van der Waals surface area (Å²) >= 11 is 0. The molecule has 2 unspecified atom stereocenters. The molecule has 12 heteroatoms. The maximum absolute atomic E-state index is 14.8. The van der Waals surface area contributed by atoms with E-state index in [2.05, 4.69) is 25.3 Å². The number of nitrogens with zero attached hydrogens (tertiary/aromatic N) is 5. The fourth-order valence-electron chi connectivity index (χ4n) is 4.10. The van der Waals surface area contributed by atoms with Crippen molar-refractivity contribution in [3.8, 4) is 11.4 Å². The molecule has 1 aliphatic heterocycles. The smallest absolute Gasteiger partial charge is 0.352 e. The number of piperidine rings is 1. The summed E-state index contributed by atoms with van der Waals surface area (Å²) in [4.78, 5) is 30.5. The molecule has 0 radical (unpaired) electrons. The second-order valence-electron chi connectivity index (χ2n) is 8.22. The lowest BCUT2D eigenvalue weighted by atomic mass is 9.89. The Kier molecular flexibility index (Phi) is 6.90. The third kappa shape index (κ3) is 5.20. The monoisotopic (exact) mass is 492 g/mol. The number of alkyl halides is 3. The first kappa shape index (κ1) is 24.4. The van der Waals surface area contributed by atoms with E-state index >= 15 is 0 Å². The minimum atomic E-state index is -4.55. The van der Waals surface area contributed by atoms with Gasteiger partial charge in [0.25, 0.3) is 5.91 Å². The van der Waals surface area contributed by atoms with Crippen molar-refractivity contribution in [2.75, 3.05) is 18.4 Å². The van der Waals surface area contributed by atoms with Gasteiger partial charge in [-0.2, -0.15) is 13.2 Å². The molecule has 3 heterocycles. The number of likely N-dealkylation sites (tertiary alicyclic amines) is 1. The zero-order valence-electron chi connectivity index (χ0n) is 18.6. The Hall–Kier alpha value is -3.70. The van der Waals surface area contributed by atoms with Crippen molar-refractivity contribution < 1.29 is 26.7 Å². The molecular weight excluding hydrogens is 471 g/mol. The zero-order chi connectivity index (χ0) is 25.2. The number of halogens is 5. The van der Waals surface area contributed by atoms with E-state index in [0.29, 0.717) is 25.4 Å². The second-order valence-corrected chi connectivity index (χ2v) is 8.22.